The number of carbonyl (C=O) groups is 1. The largest absolute Gasteiger partial charge is 0.302 e. The first kappa shape index (κ1) is 20.6. The number of hydrogen-bond donors (Lipinski definition) is 1. The molecule has 0 aliphatic heterocycles. The number of benzene rings is 1. The minimum Gasteiger partial charge on any atom is -0.302 e. The molecule has 1 aromatic carbocycles. The van der Waals surface area contributed by atoms with Gasteiger partial charge in [0.05, 0.1) is 5.69 Å². The van der Waals surface area contributed by atoms with Crippen molar-refractivity contribution in [1.29, 1.82) is 0 Å². The van der Waals surface area contributed by atoms with Gasteiger partial charge in [0.25, 0.3) is 0 Å². The monoisotopic (exact) mass is 372 g/mol. The van der Waals surface area contributed by atoms with Crippen molar-refractivity contribution >= 4 is 22.4 Å². The fraction of sp³-hybridized carbons (Fsp3) is 0.545. The van der Waals surface area contributed by atoms with Crippen LogP contribution in [0.25, 0.3) is 11.3 Å². The van der Waals surface area contributed by atoms with E-state index in [2.05, 4.69) is 36.3 Å². The maximum atomic E-state index is 12.1. The lowest BCUT2D eigenvalue weighted by atomic mass is 10.1. The van der Waals surface area contributed by atoms with E-state index in [1.807, 2.05) is 18.2 Å². The van der Waals surface area contributed by atoms with Gasteiger partial charge in [-0.15, -0.1) is 11.3 Å². The topological polar surface area (TPSA) is 42.0 Å². The van der Waals surface area contributed by atoms with E-state index < -0.39 is 0 Å². The summed E-state index contributed by atoms with van der Waals surface area (Å²) >= 11 is 1.55. The SMILES string of the molecule is CCCCCCCCCCCC(=O)Nc1nc(-c2ccccc2)c(C)s1. The summed E-state index contributed by atoms with van der Waals surface area (Å²) in [7, 11) is 0. The molecule has 0 saturated heterocycles. The van der Waals surface area contributed by atoms with Gasteiger partial charge in [-0.3, -0.25) is 4.79 Å². The summed E-state index contributed by atoms with van der Waals surface area (Å²) in [5.74, 6) is 0.0845. The number of rotatable bonds is 12. The van der Waals surface area contributed by atoms with Crippen LogP contribution in [0.5, 0.6) is 0 Å². The molecular weight excluding hydrogens is 340 g/mol. The third-order valence-electron chi connectivity index (χ3n) is 4.60. The molecule has 3 nitrogen and oxygen atoms in total. The van der Waals surface area contributed by atoms with E-state index in [9.17, 15) is 4.79 Å². The number of nitrogens with one attached hydrogen (secondary N) is 1. The lowest BCUT2D eigenvalue weighted by Gasteiger charge is -2.03. The fourth-order valence-electron chi connectivity index (χ4n) is 3.09. The number of carbonyl (C=O) groups excluding carboxylic acids is 1. The highest BCUT2D eigenvalue weighted by molar-refractivity contribution is 7.16. The van der Waals surface area contributed by atoms with Gasteiger partial charge >= 0.3 is 0 Å². The number of hydrogen-bond acceptors (Lipinski definition) is 3. The van der Waals surface area contributed by atoms with Crippen LogP contribution >= 0.6 is 11.3 Å². The Labute approximate surface area is 162 Å². The molecule has 2 aromatic rings. The second-order valence-corrected chi connectivity index (χ2v) is 8.12. The molecule has 1 heterocycles. The molecule has 2 rings (SSSR count). The van der Waals surface area contributed by atoms with Crippen molar-refractivity contribution in [2.24, 2.45) is 0 Å². The van der Waals surface area contributed by atoms with Crippen molar-refractivity contribution in [2.75, 3.05) is 5.32 Å². The molecule has 1 aromatic heterocycles. The Morgan fingerprint density at radius 1 is 0.962 bits per heavy atom. The Hall–Kier alpha value is -1.68. The molecule has 0 aliphatic rings. The van der Waals surface area contributed by atoms with Gasteiger partial charge in [-0.1, -0.05) is 88.6 Å². The van der Waals surface area contributed by atoms with E-state index in [0.29, 0.717) is 11.6 Å². The number of thiazole rings is 1. The number of anilines is 1. The summed E-state index contributed by atoms with van der Waals surface area (Å²) < 4.78 is 0. The van der Waals surface area contributed by atoms with Crippen molar-refractivity contribution in [3.63, 3.8) is 0 Å². The molecule has 0 saturated carbocycles. The Morgan fingerprint density at radius 3 is 2.23 bits per heavy atom. The number of aromatic nitrogens is 1. The van der Waals surface area contributed by atoms with Gasteiger partial charge in [0.15, 0.2) is 5.13 Å². The number of aryl methyl sites for hydroxylation is 1. The number of amides is 1. The minimum absolute atomic E-state index is 0.0845. The quantitative estimate of drug-likeness (QED) is 0.408. The van der Waals surface area contributed by atoms with Crippen molar-refractivity contribution in [2.45, 2.75) is 78.1 Å². The van der Waals surface area contributed by atoms with Crippen molar-refractivity contribution in [3.8, 4) is 11.3 Å². The van der Waals surface area contributed by atoms with Gasteiger partial charge in [0.1, 0.15) is 0 Å². The molecule has 0 bridgehead atoms. The van der Waals surface area contributed by atoms with E-state index in [-0.39, 0.29) is 5.91 Å². The summed E-state index contributed by atoms with van der Waals surface area (Å²) in [4.78, 5) is 17.9. The van der Waals surface area contributed by atoms with Gasteiger partial charge in [0.2, 0.25) is 5.91 Å². The van der Waals surface area contributed by atoms with E-state index >= 15 is 0 Å². The molecule has 1 N–H and O–H groups in total. The molecule has 0 radical (unpaired) electrons. The van der Waals surface area contributed by atoms with Gasteiger partial charge < -0.3 is 5.32 Å². The minimum atomic E-state index is 0.0845. The van der Waals surface area contributed by atoms with Crippen LogP contribution in [-0.2, 0) is 4.79 Å². The summed E-state index contributed by atoms with van der Waals surface area (Å²) in [6, 6.07) is 10.1. The molecular formula is C22H32N2OS. The molecule has 142 valence electrons. The summed E-state index contributed by atoms with van der Waals surface area (Å²) in [5, 5.41) is 3.68. The van der Waals surface area contributed by atoms with Crippen LogP contribution < -0.4 is 5.32 Å². The predicted molar refractivity (Wildman–Crippen MR) is 113 cm³/mol. The van der Waals surface area contributed by atoms with Crippen LogP contribution in [0.1, 0.15) is 76.0 Å². The van der Waals surface area contributed by atoms with Crippen LogP contribution in [0, 0.1) is 6.92 Å². The Morgan fingerprint density at radius 2 is 1.58 bits per heavy atom. The van der Waals surface area contributed by atoms with E-state index in [1.54, 1.807) is 11.3 Å². The number of unbranched alkanes of at least 4 members (excludes halogenated alkanes) is 8. The highest BCUT2D eigenvalue weighted by atomic mass is 32.1. The Balaban J connectivity index is 1.64. The van der Waals surface area contributed by atoms with Crippen LogP contribution in [0.4, 0.5) is 5.13 Å². The third kappa shape index (κ3) is 7.28. The van der Waals surface area contributed by atoms with E-state index in [1.165, 1.54) is 44.9 Å². The van der Waals surface area contributed by atoms with E-state index in [0.717, 1.165) is 29.0 Å². The van der Waals surface area contributed by atoms with Crippen LogP contribution in [0.15, 0.2) is 30.3 Å². The van der Waals surface area contributed by atoms with Crippen molar-refractivity contribution in [1.82, 2.24) is 4.98 Å². The van der Waals surface area contributed by atoms with Gasteiger partial charge in [-0.05, 0) is 13.3 Å². The normalized spacial score (nSPS) is 10.8. The van der Waals surface area contributed by atoms with Crippen LogP contribution in [0.2, 0.25) is 0 Å². The number of nitrogens with zero attached hydrogens (tertiary/aromatic N) is 1. The fourth-order valence-corrected chi connectivity index (χ4v) is 3.94. The lowest BCUT2D eigenvalue weighted by molar-refractivity contribution is -0.116. The predicted octanol–water partition coefficient (Wildman–Crippen LogP) is 6.98. The van der Waals surface area contributed by atoms with Gasteiger partial charge in [0, 0.05) is 16.9 Å². The third-order valence-corrected chi connectivity index (χ3v) is 5.48. The highest BCUT2D eigenvalue weighted by Crippen LogP contribution is 2.30. The first-order valence-electron chi connectivity index (χ1n) is 10.0. The lowest BCUT2D eigenvalue weighted by Crippen LogP contribution is -2.10. The van der Waals surface area contributed by atoms with Crippen LogP contribution in [-0.4, -0.2) is 10.9 Å². The molecule has 26 heavy (non-hydrogen) atoms. The Bertz CT molecular complexity index is 651. The maximum absolute atomic E-state index is 12.1. The molecule has 0 fully saturated rings. The maximum Gasteiger partial charge on any atom is 0.226 e. The molecule has 0 aliphatic carbocycles. The Kier molecular flexibility index (Phi) is 9.40. The summed E-state index contributed by atoms with van der Waals surface area (Å²) in [6.45, 7) is 4.30. The molecule has 0 spiro atoms. The van der Waals surface area contributed by atoms with Crippen LogP contribution in [0.3, 0.4) is 0 Å². The standard InChI is InChI=1S/C22H32N2OS/c1-3-4-5-6-7-8-9-10-14-17-20(25)23-22-24-21(18(2)26-22)19-15-12-11-13-16-19/h11-13,15-16H,3-10,14,17H2,1-2H3,(H,23,24,25). The van der Waals surface area contributed by atoms with Crippen molar-refractivity contribution in [3.05, 3.63) is 35.2 Å². The molecule has 4 heteroatoms. The first-order valence-corrected chi connectivity index (χ1v) is 10.8. The van der Waals surface area contributed by atoms with E-state index in [4.69, 9.17) is 0 Å². The second kappa shape index (κ2) is 11.8. The zero-order valence-corrected chi connectivity index (χ0v) is 17.0. The summed E-state index contributed by atoms with van der Waals surface area (Å²) in [5.41, 5.74) is 2.06. The molecule has 0 atom stereocenters. The zero-order chi connectivity index (χ0) is 18.6. The average molecular weight is 373 g/mol. The zero-order valence-electron chi connectivity index (χ0n) is 16.2. The van der Waals surface area contributed by atoms with Gasteiger partial charge in [-0.25, -0.2) is 4.98 Å². The molecule has 1 amide bonds. The second-order valence-electron chi connectivity index (χ2n) is 6.92. The molecule has 0 unspecified atom stereocenters. The first-order chi connectivity index (χ1) is 12.7. The van der Waals surface area contributed by atoms with Gasteiger partial charge in [-0.2, -0.15) is 0 Å². The van der Waals surface area contributed by atoms with Crippen molar-refractivity contribution < 1.29 is 4.79 Å². The summed E-state index contributed by atoms with van der Waals surface area (Å²) in [6.07, 6.45) is 12.0. The highest BCUT2D eigenvalue weighted by Gasteiger charge is 2.11. The smallest absolute Gasteiger partial charge is 0.226 e. The average Bonchev–Trinajstić information content (AvgIpc) is 3.01.